The Kier molecular flexibility index (Phi) is 5.53. The third-order valence-corrected chi connectivity index (χ3v) is 2.44. The molecule has 0 fully saturated rings. The van der Waals surface area contributed by atoms with E-state index in [2.05, 4.69) is 34.0 Å². The van der Waals surface area contributed by atoms with E-state index >= 15 is 0 Å². The molecule has 0 bridgehead atoms. The smallest absolute Gasteiger partial charge is 0.224 e. The standard InChI is InChI=1S/C13H21N5/c1-10(2)7-12(9-18(3)4)17-13-15-6-5-11(8-14)16-13/h5-6,10,12H,7,9H2,1-4H3,(H,15,16,17). The molecule has 1 aromatic heterocycles. The van der Waals surface area contributed by atoms with Crippen LogP contribution in [0.1, 0.15) is 26.0 Å². The largest absolute Gasteiger partial charge is 0.350 e. The first-order valence-corrected chi connectivity index (χ1v) is 6.15. The number of nitriles is 1. The lowest BCUT2D eigenvalue weighted by atomic mass is 10.0. The Balaban J connectivity index is 2.72. The summed E-state index contributed by atoms with van der Waals surface area (Å²) in [7, 11) is 4.09. The van der Waals surface area contributed by atoms with Crippen molar-refractivity contribution < 1.29 is 0 Å². The first-order chi connectivity index (χ1) is 8.51. The van der Waals surface area contributed by atoms with Crippen molar-refractivity contribution in [1.82, 2.24) is 14.9 Å². The summed E-state index contributed by atoms with van der Waals surface area (Å²) in [4.78, 5) is 10.4. The lowest BCUT2D eigenvalue weighted by molar-refractivity contribution is 0.355. The van der Waals surface area contributed by atoms with Gasteiger partial charge in [0.1, 0.15) is 11.8 Å². The van der Waals surface area contributed by atoms with Crippen LogP contribution >= 0.6 is 0 Å². The highest BCUT2D eigenvalue weighted by molar-refractivity contribution is 5.31. The molecule has 18 heavy (non-hydrogen) atoms. The zero-order valence-corrected chi connectivity index (χ0v) is 11.5. The first-order valence-electron chi connectivity index (χ1n) is 6.15. The molecule has 5 heteroatoms. The van der Waals surface area contributed by atoms with E-state index in [1.165, 1.54) is 0 Å². The first kappa shape index (κ1) is 14.4. The van der Waals surface area contributed by atoms with Crippen molar-refractivity contribution in [2.24, 2.45) is 5.92 Å². The minimum Gasteiger partial charge on any atom is -0.350 e. The van der Waals surface area contributed by atoms with Gasteiger partial charge in [-0.2, -0.15) is 5.26 Å². The topological polar surface area (TPSA) is 64.8 Å². The zero-order valence-electron chi connectivity index (χ0n) is 11.5. The third kappa shape index (κ3) is 5.11. The molecular formula is C13H21N5. The molecule has 0 amide bonds. The Morgan fingerprint density at radius 2 is 2.17 bits per heavy atom. The highest BCUT2D eigenvalue weighted by Gasteiger charge is 2.13. The maximum atomic E-state index is 8.81. The van der Waals surface area contributed by atoms with Gasteiger partial charge in [0.15, 0.2) is 0 Å². The Morgan fingerprint density at radius 1 is 1.44 bits per heavy atom. The summed E-state index contributed by atoms with van der Waals surface area (Å²) in [5.74, 6) is 1.13. The molecule has 1 N–H and O–H groups in total. The molecule has 0 radical (unpaired) electrons. The minimum atomic E-state index is 0.286. The molecule has 1 atom stereocenters. The van der Waals surface area contributed by atoms with Gasteiger partial charge < -0.3 is 10.2 Å². The summed E-state index contributed by atoms with van der Waals surface area (Å²) in [6.07, 6.45) is 2.65. The van der Waals surface area contributed by atoms with Crippen LogP contribution in [0.5, 0.6) is 0 Å². The fourth-order valence-corrected chi connectivity index (χ4v) is 1.86. The van der Waals surface area contributed by atoms with Crippen LogP contribution in [0.3, 0.4) is 0 Å². The van der Waals surface area contributed by atoms with Crippen molar-refractivity contribution in [2.45, 2.75) is 26.3 Å². The molecule has 0 aliphatic heterocycles. The maximum absolute atomic E-state index is 8.81. The molecule has 0 saturated heterocycles. The Morgan fingerprint density at radius 3 is 2.72 bits per heavy atom. The summed E-state index contributed by atoms with van der Waals surface area (Å²) < 4.78 is 0. The van der Waals surface area contributed by atoms with Crippen molar-refractivity contribution in [3.8, 4) is 6.07 Å². The van der Waals surface area contributed by atoms with Gasteiger partial charge in [0.2, 0.25) is 5.95 Å². The van der Waals surface area contributed by atoms with Crippen LogP contribution in [-0.2, 0) is 0 Å². The average Bonchev–Trinajstić information content (AvgIpc) is 2.27. The highest BCUT2D eigenvalue weighted by atomic mass is 15.2. The van der Waals surface area contributed by atoms with Gasteiger partial charge in [0.05, 0.1) is 0 Å². The predicted molar refractivity (Wildman–Crippen MR) is 72.2 cm³/mol. The number of anilines is 1. The summed E-state index contributed by atoms with van der Waals surface area (Å²) in [6, 6.07) is 3.91. The molecule has 0 aliphatic carbocycles. The van der Waals surface area contributed by atoms with Crippen LogP contribution in [0.15, 0.2) is 12.3 Å². The van der Waals surface area contributed by atoms with Crippen LogP contribution in [0.25, 0.3) is 0 Å². The Labute approximate surface area is 109 Å². The zero-order chi connectivity index (χ0) is 13.5. The Hall–Kier alpha value is -1.67. The minimum absolute atomic E-state index is 0.286. The summed E-state index contributed by atoms with van der Waals surface area (Å²) in [5, 5.41) is 12.1. The van der Waals surface area contributed by atoms with E-state index in [1.54, 1.807) is 12.3 Å². The van der Waals surface area contributed by atoms with Gasteiger partial charge in [0, 0.05) is 18.8 Å². The number of hydrogen-bond donors (Lipinski definition) is 1. The number of rotatable bonds is 6. The molecule has 0 aliphatic rings. The van der Waals surface area contributed by atoms with Crippen LogP contribution in [0.2, 0.25) is 0 Å². The van der Waals surface area contributed by atoms with Gasteiger partial charge in [-0.1, -0.05) is 13.8 Å². The number of nitrogens with one attached hydrogen (secondary N) is 1. The molecule has 1 aromatic rings. The quantitative estimate of drug-likeness (QED) is 0.829. The van der Waals surface area contributed by atoms with Crippen LogP contribution in [0, 0.1) is 17.2 Å². The number of aromatic nitrogens is 2. The molecule has 1 rings (SSSR count). The molecular weight excluding hydrogens is 226 g/mol. The molecule has 98 valence electrons. The van der Waals surface area contributed by atoms with Crippen molar-refractivity contribution in [3.05, 3.63) is 18.0 Å². The summed E-state index contributed by atoms with van der Waals surface area (Å²) in [5.41, 5.74) is 0.389. The second kappa shape index (κ2) is 6.92. The van der Waals surface area contributed by atoms with Gasteiger partial charge in [0.25, 0.3) is 0 Å². The van der Waals surface area contributed by atoms with Crippen LogP contribution in [-0.4, -0.2) is 41.5 Å². The Bertz CT molecular complexity index is 398. The molecule has 0 spiro atoms. The van der Waals surface area contributed by atoms with E-state index in [9.17, 15) is 0 Å². The van der Waals surface area contributed by atoms with Crippen LogP contribution < -0.4 is 5.32 Å². The van der Waals surface area contributed by atoms with Gasteiger partial charge in [-0.15, -0.1) is 0 Å². The molecule has 5 nitrogen and oxygen atoms in total. The SMILES string of the molecule is CC(C)CC(CN(C)C)Nc1nccc(C#N)n1. The van der Waals surface area contributed by atoms with Gasteiger partial charge >= 0.3 is 0 Å². The monoisotopic (exact) mass is 247 g/mol. The van der Waals surface area contributed by atoms with Crippen LogP contribution in [0.4, 0.5) is 5.95 Å². The second-order valence-electron chi connectivity index (χ2n) is 5.11. The number of nitrogens with zero attached hydrogens (tertiary/aromatic N) is 4. The lowest BCUT2D eigenvalue weighted by Crippen LogP contribution is -2.34. The molecule has 1 heterocycles. The number of likely N-dealkylation sites (N-methyl/N-ethyl adjacent to an activating group) is 1. The van der Waals surface area contributed by atoms with E-state index in [-0.39, 0.29) is 6.04 Å². The molecule has 1 unspecified atom stereocenters. The van der Waals surface area contributed by atoms with E-state index in [0.29, 0.717) is 17.6 Å². The van der Waals surface area contributed by atoms with E-state index in [4.69, 9.17) is 5.26 Å². The van der Waals surface area contributed by atoms with Gasteiger partial charge in [-0.3, -0.25) is 0 Å². The van der Waals surface area contributed by atoms with Crippen molar-refractivity contribution in [2.75, 3.05) is 26.0 Å². The van der Waals surface area contributed by atoms with Crippen molar-refractivity contribution in [1.29, 1.82) is 5.26 Å². The average molecular weight is 247 g/mol. The summed E-state index contributed by atoms with van der Waals surface area (Å²) >= 11 is 0. The lowest BCUT2D eigenvalue weighted by Gasteiger charge is -2.23. The maximum Gasteiger partial charge on any atom is 0.224 e. The van der Waals surface area contributed by atoms with Gasteiger partial charge in [-0.25, -0.2) is 9.97 Å². The normalized spacial score (nSPS) is 12.5. The molecule has 0 aromatic carbocycles. The number of hydrogen-bond acceptors (Lipinski definition) is 5. The predicted octanol–water partition coefficient (Wildman–Crippen LogP) is 1.74. The van der Waals surface area contributed by atoms with Crippen molar-refractivity contribution >= 4 is 5.95 Å². The van der Waals surface area contributed by atoms with Crippen molar-refractivity contribution in [3.63, 3.8) is 0 Å². The fraction of sp³-hybridized carbons (Fsp3) is 0.615. The van der Waals surface area contributed by atoms with Gasteiger partial charge in [-0.05, 0) is 32.5 Å². The fourth-order valence-electron chi connectivity index (χ4n) is 1.86. The van der Waals surface area contributed by atoms with E-state index in [1.807, 2.05) is 20.2 Å². The van der Waals surface area contributed by atoms with E-state index < -0.39 is 0 Å². The van der Waals surface area contributed by atoms with E-state index in [0.717, 1.165) is 13.0 Å². The second-order valence-corrected chi connectivity index (χ2v) is 5.11. The molecule has 0 saturated carbocycles. The highest BCUT2D eigenvalue weighted by Crippen LogP contribution is 2.10. The summed E-state index contributed by atoms with van der Waals surface area (Å²) in [6.45, 7) is 5.30. The third-order valence-electron chi connectivity index (χ3n) is 2.44.